The molecule has 1 aromatic rings. The van der Waals surface area contributed by atoms with Crippen LogP contribution in [-0.4, -0.2) is 12.5 Å². The van der Waals surface area contributed by atoms with Crippen LogP contribution in [0.1, 0.15) is 18.1 Å². The summed E-state index contributed by atoms with van der Waals surface area (Å²) in [7, 11) is 0. The third kappa shape index (κ3) is 1.23. The average Bonchev–Trinajstić information content (AvgIpc) is 2.44. The fourth-order valence-electron chi connectivity index (χ4n) is 1.81. The van der Waals surface area contributed by atoms with E-state index >= 15 is 0 Å². The van der Waals surface area contributed by atoms with Crippen molar-refractivity contribution in [3.63, 3.8) is 0 Å². The molecule has 0 saturated heterocycles. The van der Waals surface area contributed by atoms with Gasteiger partial charge in [-0.15, -0.1) is 0 Å². The molecule has 0 bridgehead atoms. The maximum atomic E-state index is 11.3. The van der Waals surface area contributed by atoms with Crippen molar-refractivity contribution in [2.45, 2.75) is 13.8 Å². The number of hydrogen-bond acceptors (Lipinski definition) is 1. The van der Waals surface area contributed by atoms with E-state index in [1.165, 1.54) is 5.56 Å². The summed E-state index contributed by atoms with van der Waals surface area (Å²) in [5, 5.41) is 0. The third-order valence-electron chi connectivity index (χ3n) is 2.55. The smallest absolute Gasteiger partial charge is 0.224 e. The minimum absolute atomic E-state index is 0.0775. The SMILES string of the molecule is C=C1CN(C(C)=O)c2ccc(C)cc21. The largest absolute Gasteiger partial charge is 0.308 e. The number of benzene rings is 1. The van der Waals surface area contributed by atoms with Crippen molar-refractivity contribution in [3.8, 4) is 0 Å². The van der Waals surface area contributed by atoms with Crippen LogP contribution in [0.15, 0.2) is 24.8 Å². The quantitative estimate of drug-likeness (QED) is 0.610. The number of fused-ring (bicyclic) bond motifs is 1. The van der Waals surface area contributed by atoms with Crippen LogP contribution in [0.5, 0.6) is 0 Å². The zero-order valence-corrected chi connectivity index (χ0v) is 8.50. The Morgan fingerprint density at radius 2 is 2.21 bits per heavy atom. The zero-order valence-electron chi connectivity index (χ0n) is 8.50. The van der Waals surface area contributed by atoms with Crippen molar-refractivity contribution >= 4 is 17.2 Å². The second kappa shape index (κ2) is 2.98. The molecular formula is C12H13NO. The van der Waals surface area contributed by atoms with Crippen molar-refractivity contribution in [2.24, 2.45) is 0 Å². The lowest BCUT2D eigenvalue weighted by molar-refractivity contribution is -0.116. The van der Waals surface area contributed by atoms with Crippen LogP contribution in [0, 0.1) is 6.92 Å². The molecular weight excluding hydrogens is 174 g/mol. The van der Waals surface area contributed by atoms with Crippen molar-refractivity contribution in [2.75, 3.05) is 11.4 Å². The summed E-state index contributed by atoms with van der Waals surface area (Å²) in [6, 6.07) is 6.10. The summed E-state index contributed by atoms with van der Waals surface area (Å²) in [4.78, 5) is 13.1. The molecule has 2 heteroatoms. The monoisotopic (exact) mass is 187 g/mol. The summed E-state index contributed by atoms with van der Waals surface area (Å²) >= 11 is 0. The molecule has 0 saturated carbocycles. The summed E-state index contributed by atoms with van der Waals surface area (Å²) < 4.78 is 0. The number of rotatable bonds is 0. The van der Waals surface area contributed by atoms with Gasteiger partial charge in [0.25, 0.3) is 0 Å². The lowest BCUT2D eigenvalue weighted by Crippen LogP contribution is -2.25. The molecule has 0 N–H and O–H groups in total. The molecule has 2 nitrogen and oxygen atoms in total. The van der Waals surface area contributed by atoms with Gasteiger partial charge in [-0.3, -0.25) is 4.79 Å². The maximum absolute atomic E-state index is 11.3. The Morgan fingerprint density at radius 3 is 2.86 bits per heavy atom. The highest BCUT2D eigenvalue weighted by atomic mass is 16.2. The van der Waals surface area contributed by atoms with E-state index in [9.17, 15) is 4.79 Å². The minimum atomic E-state index is 0.0775. The summed E-state index contributed by atoms with van der Waals surface area (Å²) in [5.41, 5.74) is 4.34. The van der Waals surface area contributed by atoms with Crippen molar-refractivity contribution in [1.29, 1.82) is 0 Å². The van der Waals surface area contributed by atoms with Crippen LogP contribution < -0.4 is 4.90 Å². The number of anilines is 1. The Hall–Kier alpha value is -1.57. The minimum Gasteiger partial charge on any atom is -0.308 e. The first-order chi connectivity index (χ1) is 6.59. The van der Waals surface area contributed by atoms with Gasteiger partial charge < -0.3 is 4.90 Å². The predicted octanol–water partition coefficient (Wildman–Crippen LogP) is 2.37. The third-order valence-corrected chi connectivity index (χ3v) is 2.55. The Kier molecular flexibility index (Phi) is 1.92. The number of carbonyl (C=O) groups is 1. The molecule has 0 atom stereocenters. The molecule has 72 valence electrons. The highest BCUT2D eigenvalue weighted by molar-refractivity contribution is 6.01. The van der Waals surface area contributed by atoms with Crippen LogP contribution in [0.3, 0.4) is 0 Å². The lowest BCUT2D eigenvalue weighted by atomic mass is 10.1. The van der Waals surface area contributed by atoms with Crippen LogP contribution in [0.2, 0.25) is 0 Å². The number of aryl methyl sites for hydroxylation is 1. The van der Waals surface area contributed by atoms with E-state index in [1.54, 1.807) is 11.8 Å². The summed E-state index contributed by atoms with van der Waals surface area (Å²) in [6.45, 7) is 8.24. The lowest BCUT2D eigenvalue weighted by Gasteiger charge is -2.13. The molecule has 1 aliphatic rings. The Balaban J connectivity index is 2.55. The molecule has 0 radical (unpaired) electrons. The molecule has 0 fully saturated rings. The van der Waals surface area contributed by atoms with Gasteiger partial charge in [-0.25, -0.2) is 0 Å². The molecule has 0 aromatic heterocycles. The Labute approximate surface area is 83.8 Å². The average molecular weight is 187 g/mol. The van der Waals surface area contributed by atoms with Crippen molar-refractivity contribution in [1.82, 2.24) is 0 Å². The number of nitrogens with zero attached hydrogens (tertiary/aromatic N) is 1. The standard InChI is InChI=1S/C12H13NO/c1-8-4-5-12-11(6-8)9(2)7-13(12)10(3)14/h4-6H,2,7H2,1,3H3. The second-order valence-corrected chi connectivity index (χ2v) is 3.73. The summed E-state index contributed by atoms with van der Waals surface area (Å²) in [5.74, 6) is 0.0775. The van der Waals surface area contributed by atoms with Crippen LogP contribution >= 0.6 is 0 Å². The van der Waals surface area contributed by atoms with Gasteiger partial charge in [0, 0.05) is 12.5 Å². The predicted molar refractivity (Wildman–Crippen MR) is 58.2 cm³/mol. The van der Waals surface area contributed by atoms with E-state index in [1.807, 2.05) is 19.1 Å². The van der Waals surface area contributed by atoms with Gasteiger partial charge in [0.15, 0.2) is 0 Å². The van der Waals surface area contributed by atoms with E-state index in [-0.39, 0.29) is 5.91 Å². The molecule has 2 rings (SSSR count). The fraction of sp³-hybridized carbons (Fsp3) is 0.250. The van der Waals surface area contributed by atoms with Crippen molar-refractivity contribution in [3.05, 3.63) is 35.9 Å². The molecule has 1 aromatic carbocycles. The first-order valence-corrected chi connectivity index (χ1v) is 4.66. The van der Waals surface area contributed by atoms with Gasteiger partial charge >= 0.3 is 0 Å². The van der Waals surface area contributed by atoms with Gasteiger partial charge in [0.2, 0.25) is 5.91 Å². The summed E-state index contributed by atoms with van der Waals surface area (Å²) in [6.07, 6.45) is 0. The first-order valence-electron chi connectivity index (χ1n) is 4.66. The van der Waals surface area contributed by atoms with E-state index in [4.69, 9.17) is 0 Å². The fourth-order valence-corrected chi connectivity index (χ4v) is 1.81. The van der Waals surface area contributed by atoms with Crippen LogP contribution in [0.4, 0.5) is 5.69 Å². The Bertz CT molecular complexity index is 420. The molecule has 1 aliphatic heterocycles. The van der Waals surface area contributed by atoms with Crippen LogP contribution in [0.25, 0.3) is 5.57 Å². The molecule has 0 spiro atoms. The van der Waals surface area contributed by atoms with Gasteiger partial charge in [0.05, 0.1) is 12.2 Å². The Morgan fingerprint density at radius 1 is 1.50 bits per heavy atom. The molecule has 1 heterocycles. The first kappa shape index (κ1) is 9.00. The van der Waals surface area contributed by atoms with E-state index < -0.39 is 0 Å². The van der Waals surface area contributed by atoms with Crippen molar-refractivity contribution < 1.29 is 4.79 Å². The van der Waals surface area contributed by atoms with E-state index in [2.05, 4.69) is 12.6 Å². The van der Waals surface area contributed by atoms with Crippen LogP contribution in [-0.2, 0) is 4.79 Å². The second-order valence-electron chi connectivity index (χ2n) is 3.73. The van der Waals surface area contributed by atoms with E-state index in [0.29, 0.717) is 6.54 Å². The molecule has 0 aliphatic carbocycles. The maximum Gasteiger partial charge on any atom is 0.224 e. The van der Waals surface area contributed by atoms with Gasteiger partial charge in [-0.2, -0.15) is 0 Å². The topological polar surface area (TPSA) is 20.3 Å². The van der Waals surface area contributed by atoms with Gasteiger partial charge in [0.1, 0.15) is 0 Å². The molecule has 0 unspecified atom stereocenters. The number of carbonyl (C=O) groups excluding carboxylic acids is 1. The number of hydrogen-bond donors (Lipinski definition) is 0. The number of amides is 1. The molecule has 14 heavy (non-hydrogen) atoms. The normalized spacial score (nSPS) is 14.4. The van der Waals surface area contributed by atoms with Gasteiger partial charge in [-0.1, -0.05) is 18.2 Å². The highest BCUT2D eigenvalue weighted by Crippen LogP contribution is 2.34. The molecule has 1 amide bonds. The highest BCUT2D eigenvalue weighted by Gasteiger charge is 2.24. The van der Waals surface area contributed by atoms with E-state index in [0.717, 1.165) is 16.8 Å². The zero-order chi connectivity index (χ0) is 10.3. The van der Waals surface area contributed by atoms with Gasteiger partial charge in [-0.05, 0) is 24.6 Å².